The van der Waals surface area contributed by atoms with Crippen LogP contribution < -0.4 is 0 Å². The summed E-state index contributed by atoms with van der Waals surface area (Å²) < 4.78 is 39.4. The molecule has 0 unspecified atom stereocenters. The van der Waals surface area contributed by atoms with Crippen molar-refractivity contribution in [1.29, 1.82) is 0 Å². The largest absolute Gasteiger partial charge is 0.453 e. The van der Waals surface area contributed by atoms with Gasteiger partial charge < -0.3 is 4.74 Å². The second kappa shape index (κ2) is 5.71. The fourth-order valence-electron chi connectivity index (χ4n) is 1.23. The highest BCUT2D eigenvalue weighted by molar-refractivity contribution is 5.87. The van der Waals surface area contributed by atoms with Gasteiger partial charge in [-0.1, -0.05) is 18.2 Å². The van der Waals surface area contributed by atoms with E-state index in [4.69, 9.17) is 0 Å². The van der Waals surface area contributed by atoms with Crippen LogP contribution >= 0.6 is 0 Å². The van der Waals surface area contributed by atoms with Gasteiger partial charge in [0.05, 0.1) is 0 Å². The summed E-state index contributed by atoms with van der Waals surface area (Å²) in [5, 5.41) is 0. The highest BCUT2D eigenvalue weighted by atomic mass is 19.4. The minimum atomic E-state index is -4.50. The topological polar surface area (TPSA) is 26.3 Å². The lowest BCUT2D eigenvalue weighted by molar-refractivity contribution is -0.182. The third-order valence-electron chi connectivity index (χ3n) is 2.32. The number of ether oxygens (including phenoxy) is 1. The summed E-state index contributed by atoms with van der Waals surface area (Å²) >= 11 is 0. The monoisotopic (exact) mass is 258 g/mol. The van der Waals surface area contributed by atoms with Crippen LogP contribution in [0.2, 0.25) is 0 Å². The lowest BCUT2D eigenvalue weighted by Crippen LogP contribution is -2.19. The van der Waals surface area contributed by atoms with E-state index >= 15 is 0 Å². The number of rotatable bonds is 3. The van der Waals surface area contributed by atoms with Crippen LogP contribution in [0, 0.1) is 13.8 Å². The second-order valence-corrected chi connectivity index (χ2v) is 3.90. The summed E-state index contributed by atoms with van der Waals surface area (Å²) in [6, 6.07) is 5.48. The van der Waals surface area contributed by atoms with E-state index in [1.54, 1.807) is 6.07 Å². The van der Waals surface area contributed by atoms with Crippen LogP contribution in [0.25, 0.3) is 6.08 Å². The molecule has 18 heavy (non-hydrogen) atoms. The van der Waals surface area contributed by atoms with E-state index in [0.717, 1.165) is 22.8 Å². The first-order valence-corrected chi connectivity index (χ1v) is 5.27. The molecular weight excluding hydrogens is 245 g/mol. The number of carbonyl (C=O) groups is 1. The molecule has 0 heterocycles. The predicted octanol–water partition coefficient (Wildman–Crippen LogP) is 3.42. The molecule has 2 nitrogen and oxygen atoms in total. The van der Waals surface area contributed by atoms with E-state index in [1.165, 1.54) is 6.08 Å². The molecule has 0 aliphatic rings. The number of halogens is 3. The number of benzene rings is 1. The lowest BCUT2D eigenvalue weighted by atomic mass is 10.1. The van der Waals surface area contributed by atoms with Crippen molar-refractivity contribution in [3.8, 4) is 0 Å². The molecule has 0 radical (unpaired) electrons. The van der Waals surface area contributed by atoms with Gasteiger partial charge in [-0.2, -0.15) is 13.2 Å². The van der Waals surface area contributed by atoms with Crippen molar-refractivity contribution in [2.24, 2.45) is 0 Å². The Bertz CT molecular complexity index is 462. The molecule has 1 aromatic rings. The van der Waals surface area contributed by atoms with Crippen LogP contribution in [0.4, 0.5) is 13.2 Å². The van der Waals surface area contributed by atoms with Gasteiger partial charge in [-0.3, -0.25) is 0 Å². The first-order valence-electron chi connectivity index (χ1n) is 5.27. The Morgan fingerprint density at radius 3 is 2.50 bits per heavy atom. The van der Waals surface area contributed by atoms with Crippen molar-refractivity contribution >= 4 is 12.0 Å². The molecule has 0 aromatic heterocycles. The van der Waals surface area contributed by atoms with E-state index in [0.29, 0.717) is 0 Å². The zero-order chi connectivity index (χ0) is 13.8. The second-order valence-electron chi connectivity index (χ2n) is 3.90. The Morgan fingerprint density at radius 2 is 1.94 bits per heavy atom. The van der Waals surface area contributed by atoms with Gasteiger partial charge in [0, 0.05) is 6.08 Å². The number of esters is 1. The van der Waals surface area contributed by atoms with E-state index in [9.17, 15) is 18.0 Å². The summed E-state index contributed by atoms with van der Waals surface area (Å²) in [4.78, 5) is 11.0. The first kappa shape index (κ1) is 14.3. The molecule has 0 aliphatic carbocycles. The zero-order valence-corrected chi connectivity index (χ0v) is 10.0. The van der Waals surface area contributed by atoms with Crippen LogP contribution in [0.1, 0.15) is 16.7 Å². The Balaban J connectivity index is 2.58. The van der Waals surface area contributed by atoms with Gasteiger partial charge in [-0.05, 0) is 36.6 Å². The summed E-state index contributed by atoms with van der Waals surface area (Å²) in [5.41, 5.74) is 2.88. The number of alkyl halides is 3. The average Bonchev–Trinajstić information content (AvgIpc) is 2.27. The number of carbonyl (C=O) groups excluding carboxylic acids is 1. The Labute approximate surface area is 103 Å². The summed E-state index contributed by atoms with van der Waals surface area (Å²) in [6.07, 6.45) is -2.09. The van der Waals surface area contributed by atoms with Crippen LogP contribution in [-0.2, 0) is 9.53 Å². The third kappa shape index (κ3) is 5.03. The molecule has 1 rings (SSSR count). The molecule has 0 spiro atoms. The Kier molecular flexibility index (Phi) is 4.53. The maximum Gasteiger partial charge on any atom is 0.422 e. The fourth-order valence-corrected chi connectivity index (χ4v) is 1.23. The number of aryl methyl sites for hydroxylation is 2. The van der Waals surface area contributed by atoms with Gasteiger partial charge in [0.1, 0.15) is 0 Å². The standard InChI is InChI=1S/C13H13F3O2/c1-9-3-4-11(7-10(9)2)5-6-12(17)18-8-13(14,15)16/h3-7H,8H2,1-2H3/b6-5+. The molecule has 0 saturated heterocycles. The average molecular weight is 258 g/mol. The normalized spacial score (nSPS) is 11.8. The van der Waals surface area contributed by atoms with Gasteiger partial charge >= 0.3 is 12.1 Å². The molecule has 0 atom stereocenters. The maximum absolute atomic E-state index is 11.8. The van der Waals surface area contributed by atoms with Crippen molar-refractivity contribution in [3.05, 3.63) is 41.0 Å². The van der Waals surface area contributed by atoms with E-state index in [-0.39, 0.29) is 0 Å². The minimum Gasteiger partial charge on any atom is -0.453 e. The van der Waals surface area contributed by atoms with Crippen molar-refractivity contribution in [1.82, 2.24) is 0 Å². The fraction of sp³-hybridized carbons (Fsp3) is 0.308. The van der Waals surface area contributed by atoms with Crippen molar-refractivity contribution in [2.45, 2.75) is 20.0 Å². The number of hydrogen-bond donors (Lipinski definition) is 0. The summed E-state index contributed by atoms with van der Waals surface area (Å²) in [6.45, 7) is 2.29. The van der Waals surface area contributed by atoms with E-state index in [2.05, 4.69) is 4.74 Å². The van der Waals surface area contributed by atoms with Gasteiger partial charge in [-0.15, -0.1) is 0 Å². The van der Waals surface area contributed by atoms with Crippen LogP contribution in [0.15, 0.2) is 24.3 Å². The maximum atomic E-state index is 11.8. The zero-order valence-electron chi connectivity index (χ0n) is 10.0. The molecule has 1 aromatic carbocycles. The molecule has 0 fully saturated rings. The SMILES string of the molecule is Cc1ccc(/C=C/C(=O)OCC(F)(F)F)cc1C. The van der Waals surface area contributed by atoms with Crippen molar-refractivity contribution in [3.63, 3.8) is 0 Å². The number of hydrogen-bond acceptors (Lipinski definition) is 2. The smallest absolute Gasteiger partial charge is 0.422 e. The molecule has 98 valence electrons. The molecule has 0 amide bonds. The molecule has 5 heteroatoms. The van der Waals surface area contributed by atoms with Gasteiger partial charge in [0.2, 0.25) is 0 Å². The van der Waals surface area contributed by atoms with Crippen molar-refractivity contribution in [2.75, 3.05) is 6.61 Å². The van der Waals surface area contributed by atoms with Crippen LogP contribution in [0.3, 0.4) is 0 Å². The van der Waals surface area contributed by atoms with Crippen molar-refractivity contribution < 1.29 is 22.7 Å². The Morgan fingerprint density at radius 1 is 1.28 bits per heavy atom. The molecule has 0 saturated carbocycles. The third-order valence-corrected chi connectivity index (χ3v) is 2.32. The van der Waals surface area contributed by atoms with E-state index < -0.39 is 18.8 Å². The molecule has 0 bridgehead atoms. The quantitative estimate of drug-likeness (QED) is 0.613. The summed E-state index contributed by atoms with van der Waals surface area (Å²) in [5.74, 6) is -1.01. The molecule has 0 aliphatic heterocycles. The molecule has 0 N–H and O–H groups in total. The first-order chi connectivity index (χ1) is 8.28. The molecular formula is C13H13F3O2. The van der Waals surface area contributed by atoms with Gasteiger partial charge in [0.15, 0.2) is 6.61 Å². The summed E-state index contributed by atoms with van der Waals surface area (Å²) in [7, 11) is 0. The highest BCUT2D eigenvalue weighted by Crippen LogP contribution is 2.15. The van der Waals surface area contributed by atoms with Crippen LogP contribution in [0.5, 0.6) is 0 Å². The minimum absolute atomic E-state index is 0.738. The lowest BCUT2D eigenvalue weighted by Gasteiger charge is -2.05. The van der Waals surface area contributed by atoms with Crippen LogP contribution in [-0.4, -0.2) is 18.8 Å². The Hall–Kier alpha value is -1.78. The predicted molar refractivity (Wildman–Crippen MR) is 62.0 cm³/mol. The van der Waals surface area contributed by atoms with Gasteiger partial charge in [0.25, 0.3) is 0 Å². The highest BCUT2D eigenvalue weighted by Gasteiger charge is 2.29. The van der Waals surface area contributed by atoms with Gasteiger partial charge in [-0.25, -0.2) is 4.79 Å². The van der Waals surface area contributed by atoms with E-state index in [1.807, 2.05) is 26.0 Å².